The summed E-state index contributed by atoms with van der Waals surface area (Å²) in [6.45, 7) is 9.15. The quantitative estimate of drug-likeness (QED) is 0.456. The highest BCUT2D eigenvalue weighted by Gasteiger charge is 2.34. The Balaban J connectivity index is 2.23. The third kappa shape index (κ3) is 2.02. The Kier molecular flexibility index (Phi) is 2.91. The van der Waals surface area contributed by atoms with Crippen molar-refractivity contribution in [2.75, 3.05) is 0 Å². The van der Waals surface area contributed by atoms with Crippen LogP contribution in [0.1, 0.15) is 21.5 Å². The Morgan fingerprint density at radius 2 is 1.52 bits per heavy atom. The Morgan fingerprint density at radius 1 is 0.826 bits per heavy atom. The molecule has 0 fully saturated rings. The van der Waals surface area contributed by atoms with Gasteiger partial charge in [-0.2, -0.15) is 0 Å². The number of benzene rings is 3. The van der Waals surface area contributed by atoms with Gasteiger partial charge in [-0.3, -0.25) is 4.79 Å². The summed E-state index contributed by atoms with van der Waals surface area (Å²) in [4.78, 5) is 13.1. The lowest BCUT2D eigenvalue weighted by molar-refractivity contribution is 0.104. The molecular formula is C21H20OSi. The zero-order valence-electron chi connectivity index (χ0n) is 14.0. The highest BCUT2D eigenvalue weighted by atomic mass is 28.3. The molecule has 0 N–H and O–H groups in total. The zero-order chi connectivity index (χ0) is 16.4. The summed E-state index contributed by atoms with van der Waals surface area (Å²) in [5.74, 6) is 0.186. The summed E-state index contributed by atoms with van der Waals surface area (Å²) < 4.78 is 0. The molecular weight excluding hydrogens is 296 g/mol. The molecule has 0 bridgehead atoms. The second-order valence-electron chi connectivity index (χ2n) is 7.52. The van der Waals surface area contributed by atoms with Gasteiger partial charge in [-0.05, 0) is 28.8 Å². The molecule has 0 radical (unpaired) electrons. The van der Waals surface area contributed by atoms with Gasteiger partial charge in [0.2, 0.25) is 0 Å². The third-order valence-corrected chi connectivity index (χ3v) is 6.78. The van der Waals surface area contributed by atoms with E-state index in [0.717, 1.165) is 22.1 Å². The number of fused-ring (bicyclic) bond motifs is 5. The van der Waals surface area contributed by atoms with E-state index in [1.54, 1.807) is 0 Å². The minimum absolute atomic E-state index is 0.186. The van der Waals surface area contributed by atoms with Crippen LogP contribution in [0.25, 0.3) is 21.9 Å². The van der Waals surface area contributed by atoms with Gasteiger partial charge in [0.05, 0.1) is 8.07 Å². The predicted octanol–water partition coefficient (Wildman–Crippen LogP) is 4.90. The SMILES string of the molecule is Cc1ccc2cc([Si](C)(C)C)c3c(c2c1)C(=O)c1ccccc1-3. The smallest absolute Gasteiger partial charge is 0.194 e. The van der Waals surface area contributed by atoms with E-state index in [-0.39, 0.29) is 5.78 Å². The molecule has 114 valence electrons. The van der Waals surface area contributed by atoms with Crippen LogP contribution in [-0.2, 0) is 0 Å². The third-order valence-electron chi connectivity index (χ3n) is 4.77. The van der Waals surface area contributed by atoms with Crippen LogP contribution in [0.4, 0.5) is 0 Å². The number of ketones is 1. The fraction of sp³-hybridized carbons (Fsp3) is 0.190. The molecule has 1 aliphatic rings. The number of carbonyl (C=O) groups is 1. The molecule has 0 heterocycles. The Labute approximate surface area is 138 Å². The molecule has 3 aromatic carbocycles. The highest BCUT2D eigenvalue weighted by molar-refractivity contribution is 6.90. The Hall–Kier alpha value is -2.19. The van der Waals surface area contributed by atoms with Gasteiger partial charge in [-0.15, -0.1) is 0 Å². The molecule has 0 aromatic heterocycles. The van der Waals surface area contributed by atoms with E-state index in [1.807, 2.05) is 18.2 Å². The highest BCUT2D eigenvalue weighted by Crippen LogP contribution is 2.40. The number of aryl methyl sites for hydroxylation is 1. The average Bonchev–Trinajstić information content (AvgIpc) is 2.80. The lowest BCUT2D eigenvalue weighted by atomic mass is 9.97. The normalized spacial score (nSPS) is 13.3. The number of rotatable bonds is 1. The molecule has 1 aliphatic carbocycles. The van der Waals surface area contributed by atoms with Crippen molar-refractivity contribution < 1.29 is 4.79 Å². The maximum Gasteiger partial charge on any atom is 0.194 e. The van der Waals surface area contributed by atoms with Crippen LogP contribution in [0.3, 0.4) is 0 Å². The fourth-order valence-electron chi connectivity index (χ4n) is 3.65. The van der Waals surface area contributed by atoms with Crippen molar-refractivity contribution in [1.29, 1.82) is 0 Å². The van der Waals surface area contributed by atoms with Crippen molar-refractivity contribution in [2.24, 2.45) is 0 Å². The van der Waals surface area contributed by atoms with Gasteiger partial charge in [0.25, 0.3) is 0 Å². The van der Waals surface area contributed by atoms with E-state index >= 15 is 0 Å². The maximum atomic E-state index is 13.1. The van der Waals surface area contributed by atoms with Gasteiger partial charge in [0.1, 0.15) is 0 Å². The van der Waals surface area contributed by atoms with Crippen molar-refractivity contribution in [1.82, 2.24) is 0 Å². The number of hydrogen-bond acceptors (Lipinski definition) is 1. The molecule has 0 saturated heterocycles. The van der Waals surface area contributed by atoms with E-state index in [0.29, 0.717) is 0 Å². The predicted molar refractivity (Wildman–Crippen MR) is 101 cm³/mol. The van der Waals surface area contributed by atoms with Gasteiger partial charge in [0.15, 0.2) is 5.78 Å². The van der Waals surface area contributed by atoms with Crippen LogP contribution in [0, 0.1) is 6.92 Å². The molecule has 4 rings (SSSR count). The summed E-state index contributed by atoms with van der Waals surface area (Å²) >= 11 is 0. The van der Waals surface area contributed by atoms with Gasteiger partial charge < -0.3 is 0 Å². The number of carbonyl (C=O) groups excluding carboxylic acids is 1. The maximum absolute atomic E-state index is 13.1. The lowest BCUT2D eigenvalue weighted by Crippen LogP contribution is -2.39. The Morgan fingerprint density at radius 3 is 2.22 bits per heavy atom. The van der Waals surface area contributed by atoms with Crippen LogP contribution in [0.5, 0.6) is 0 Å². The summed E-state index contributed by atoms with van der Waals surface area (Å²) in [7, 11) is -1.57. The van der Waals surface area contributed by atoms with Crippen LogP contribution in [0.15, 0.2) is 48.5 Å². The molecule has 2 heteroatoms. The average molecular weight is 316 g/mol. The summed E-state index contributed by atoms with van der Waals surface area (Å²) in [5, 5.41) is 3.68. The molecule has 1 nitrogen and oxygen atoms in total. The second kappa shape index (κ2) is 4.65. The first-order valence-electron chi connectivity index (χ1n) is 8.10. The van der Waals surface area contributed by atoms with Crippen LogP contribution in [0.2, 0.25) is 19.6 Å². The van der Waals surface area contributed by atoms with Crippen molar-refractivity contribution >= 4 is 29.8 Å². The lowest BCUT2D eigenvalue weighted by Gasteiger charge is -2.22. The first-order valence-corrected chi connectivity index (χ1v) is 11.6. The van der Waals surface area contributed by atoms with Crippen LogP contribution < -0.4 is 5.19 Å². The standard InChI is InChI=1S/C21H20OSi/c1-13-9-10-14-12-18(23(2,3)4)19-15-7-5-6-8-16(15)21(22)20(19)17(14)11-13/h5-12H,1-4H3. The Bertz CT molecular complexity index is 977. The topological polar surface area (TPSA) is 17.1 Å². The summed E-state index contributed by atoms with van der Waals surface area (Å²) in [5.41, 5.74) is 5.29. The van der Waals surface area contributed by atoms with Gasteiger partial charge in [0, 0.05) is 11.1 Å². The second-order valence-corrected chi connectivity index (χ2v) is 12.6. The first kappa shape index (κ1) is 14.4. The first-order chi connectivity index (χ1) is 10.9. The van der Waals surface area contributed by atoms with Crippen molar-refractivity contribution in [3.05, 3.63) is 65.2 Å². The monoisotopic (exact) mass is 316 g/mol. The van der Waals surface area contributed by atoms with Gasteiger partial charge in [-0.25, -0.2) is 0 Å². The van der Waals surface area contributed by atoms with E-state index in [4.69, 9.17) is 0 Å². The molecule has 0 aliphatic heterocycles. The zero-order valence-corrected chi connectivity index (χ0v) is 15.0. The molecule has 0 amide bonds. The molecule has 3 aromatic rings. The van der Waals surface area contributed by atoms with Gasteiger partial charge >= 0.3 is 0 Å². The van der Waals surface area contributed by atoms with E-state index < -0.39 is 8.07 Å². The van der Waals surface area contributed by atoms with E-state index in [9.17, 15) is 4.79 Å². The summed E-state index contributed by atoms with van der Waals surface area (Å²) in [6, 6.07) is 16.8. The fourth-order valence-corrected chi connectivity index (χ4v) is 5.25. The minimum atomic E-state index is -1.57. The molecule has 0 spiro atoms. The molecule has 0 unspecified atom stereocenters. The van der Waals surface area contributed by atoms with Crippen molar-refractivity contribution in [3.8, 4) is 11.1 Å². The van der Waals surface area contributed by atoms with Gasteiger partial charge in [-0.1, -0.05) is 78.9 Å². The van der Waals surface area contributed by atoms with Crippen molar-refractivity contribution in [3.63, 3.8) is 0 Å². The van der Waals surface area contributed by atoms with Crippen LogP contribution >= 0.6 is 0 Å². The molecule has 0 saturated carbocycles. The van der Waals surface area contributed by atoms with Crippen LogP contribution in [-0.4, -0.2) is 13.9 Å². The van der Waals surface area contributed by atoms with E-state index in [2.05, 4.69) is 56.9 Å². The molecule has 23 heavy (non-hydrogen) atoms. The molecule has 0 atom stereocenters. The summed E-state index contributed by atoms with van der Waals surface area (Å²) in [6.07, 6.45) is 0. The van der Waals surface area contributed by atoms with Crippen molar-refractivity contribution in [2.45, 2.75) is 26.6 Å². The van der Waals surface area contributed by atoms with E-state index in [1.165, 1.54) is 21.7 Å². The number of hydrogen-bond donors (Lipinski definition) is 0. The minimum Gasteiger partial charge on any atom is -0.289 e. The largest absolute Gasteiger partial charge is 0.289 e.